The van der Waals surface area contributed by atoms with Gasteiger partial charge in [-0.05, 0) is 63.7 Å². The van der Waals surface area contributed by atoms with E-state index in [2.05, 4.69) is 10.6 Å². The van der Waals surface area contributed by atoms with Gasteiger partial charge in [0, 0.05) is 25.3 Å². The molecule has 28 heavy (non-hydrogen) atoms. The smallest absolute Gasteiger partial charge is 0.228 e. The van der Waals surface area contributed by atoms with Crippen LogP contribution in [0.5, 0.6) is 11.5 Å². The van der Waals surface area contributed by atoms with Gasteiger partial charge in [-0.3, -0.25) is 4.79 Å². The quantitative estimate of drug-likeness (QED) is 0.686. The Morgan fingerprint density at radius 1 is 1.21 bits per heavy atom. The van der Waals surface area contributed by atoms with Crippen LogP contribution in [0.15, 0.2) is 18.2 Å². The highest BCUT2D eigenvalue weighted by atomic mass is 35.5. The lowest BCUT2D eigenvalue weighted by molar-refractivity contribution is -0.136. The fourth-order valence-corrected chi connectivity index (χ4v) is 4.08. The largest absolute Gasteiger partial charge is 0.497 e. The van der Waals surface area contributed by atoms with Gasteiger partial charge in [0.05, 0.1) is 25.2 Å². The first-order valence-corrected chi connectivity index (χ1v) is 9.98. The molecule has 0 bridgehead atoms. The number of ether oxygens (including phenoxy) is 3. The summed E-state index contributed by atoms with van der Waals surface area (Å²) in [6, 6.07) is 5.82. The Hall–Kier alpha value is -1.50. The molecular weight excluding hydrogens is 380 g/mol. The average Bonchev–Trinajstić information content (AvgIpc) is 3.20. The topological polar surface area (TPSA) is 68.8 Å². The summed E-state index contributed by atoms with van der Waals surface area (Å²) >= 11 is 0. The van der Waals surface area contributed by atoms with Crippen molar-refractivity contribution in [3.63, 3.8) is 0 Å². The van der Waals surface area contributed by atoms with Crippen LogP contribution < -0.4 is 20.1 Å². The van der Waals surface area contributed by atoms with E-state index in [1.807, 2.05) is 18.2 Å². The number of rotatable bonds is 8. The zero-order valence-corrected chi connectivity index (χ0v) is 17.7. The minimum Gasteiger partial charge on any atom is -0.497 e. The molecular formula is C21H33ClN2O4. The molecule has 1 aromatic rings. The summed E-state index contributed by atoms with van der Waals surface area (Å²) in [7, 11) is 3.32. The number of piperidine rings is 1. The van der Waals surface area contributed by atoms with Crippen LogP contribution in [-0.4, -0.2) is 45.9 Å². The number of halogens is 1. The fraction of sp³-hybridized carbons (Fsp3) is 0.667. The molecule has 2 N–H and O–H groups in total. The number of nitrogens with one attached hydrogen (secondary N) is 2. The highest BCUT2D eigenvalue weighted by Gasteiger charge is 2.39. The second-order valence-corrected chi connectivity index (χ2v) is 7.64. The first-order chi connectivity index (χ1) is 13.2. The summed E-state index contributed by atoms with van der Waals surface area (Å²) in [5.41, 5.74) is 0.538. The lowest BCUT2D eigenvalue weighted by Gasteiger charge is -2.35. The molecule has 1 saturated carbocycles. The summed E-state index contributed by atoms with van der Waals surface area (Å²) in [4.78, 5) is 13.0. The summed E-state index contributed by atoms with van der Waals surface area (Å²) in [6.45, 7) is 2.59. The maximum absolute atomic E-state index is 13.0. The Morgan fingerprint density at radius 2 is 1.93 bits per heavy atom. The summed E-state index contributed by atoms with van der Waals surface area (Å²) < 4.78 is 17.0. The maximum Gasteiger partial charge on any atom is 0.228 e. The Labute approximate surface area is 174 Å². The van der Waals surface area contributed by atoms with Crippen molar-refractivity contribution in [2.24, 2.45) is 5.41 Å². The summed E-state index contributed by atoms with van der Waals surface area (Å²) in [6.07, 6.45) is 6.46. The molecule has 1 aromatic carbocycles. The van der Waals surface area contributed by atoms with Crippen molar-refractivity contribution < 1.29 is 19.0 Å². The normalized spacial score (nSPS) is 18.9. The number of methoxy groups -OCH3 is 2. The van der Waals surface area contributed by atoms with E-state index in [0.717, 1.165) is 55.8 Å². The zero-order valence-electron chi connectivity index (χ0n) is 16.9. The van der Waals surface area contributed by atoms with E-state index >= 15 is 0 Å². The zero-order chi connectivity index (χ0) is 19.1. The molecule has 1 aliphatic carbocycles. The van der Waals surface area contributed by atoms with Crippen LogP contribution in [0, 0.1) is 5.41 Å². The first-order valence-electron chi connectivity index (χ1n) is 9.98. The van der Waals surface area contributed by atoms with Gasteiger partial charge in [-0.25, -0.2) is 0 Å². The number of benzene rings is 1. The molecule has 2 fully saturated rings. The molecule has 1 heterocycles. The Morgan fingerprint density at radius 3 is 2.57 bits per heavy atom. The van der Waals surface area contributed by atoms with E-state index in [-0.39, 0.29) is 24.4 Å². The number of carbonyl (C=O) groups excluding carboxylic acids is 1. The van der Waals surface area contributed by atoms with Gasteiger partial charge in [-0.2, -0.15) is 0 Å². The predicted octanol–water partition coefficient (Wildman–Crippen LogP) is 3.07. The molecule has 0 atom stereocenters. The lowest BCUT2D eigenvalue weighted by atomic mass is 9.78. The van der Waals surface area contributed by atoms with E-state index in [0.29, 0.717) is 13.2 Å². The molecule has 1 amide bonds. The second-order valence-electron chi connectivity index (χ2n) is 7.64. The van der Waals surface area contributed by atoms with Crippen LogP contribution in [0.3, 0.4) is 0 Å². The second kappa shape index (κ2) is 10.9. The predicted molar refractivity (Wildman–Crippen MR) is 111 cm³/mol. The summed E-state index contributed by atoms with van der Waals surface area (Å²) in [5.74, 6) is 1.65. The number of hydrogen-bond donors (Lipinski definition) is 2. The molecule has 6 nitrogen and oxygen atoms in total. The Bertz CT molecular complexity index is 623. The molecule has 7 heteroatoms. The molecule has 0 unspecified atom stereocenters. The van der Waals surface area contributed by atoms with E-state index < -0.39 is 5.41 Å². The van der Waals surface area contributed by atoms with Crippen LogP contribution in [0.1, 0.15) is 44.1 Å². The van der Waals surface area contributed by atoms with Crippen LogP contribution in [0.25, 0.3) is 0 Å². The van der Waals surface area contributed by atoms with Gasteiger partial charge in [0.25, 0.3) is 0 Å². The van der Waals surface area contributed by atoms with E-state index in [1.54, 1.807) is 14.2 Å². The molecule has 0 spiro atoms. The van der Waals surface area contributed by atoms with Gasteiger partial charge in [0.1, 0.15) is 11.5 Å². The van der Waals surface area contributed by atoms with Gasteiger partial charge in [0.15, 0.2) is 0 Å². The molecule has 3 rings (SSSR count). The number of amides is 1. The van der Waals surface area contributed by atoms with Gasteiger partial charge in [0.2, 0.25) is 5.91 Å². The van der Waals surface area contributed by atoms with Crippen LogP contribution in [-0.2, 0) is 16.1 Å². The lowest BCUT2D eigenvalue weighted by Crippen LogP contribution is -2.50. The third kappa shape index (κ3) is 5.52. The van der Waals surface area contributed by atoms with Crippen LogP contribution in [0.2, 0.25) is 0 Å². The SMILES string of the molecule is COCC1(C(=O)NCc2ccc(OC)cc2OC2CCCC2)CCNCC1.Cl. The molecule has 2 aliphatic rings. The number of hydrogen-bond acceptors (Lipinski definition) is 5. The van der Waals surface area contributed by atoms with Crippen molar-refractivity contribution in [3.05, 3.63) is 23.8 Å². The minimum atomic E-state index is -0.445. The fourth-order valence-electron chi connectivity index (χ4n) is 4.08. The van der Waals surface area contributed by atoms with Gasteiger partial charge in [-0.15, -0.1) is 12.4 Å². The van der Waals surface area contributed by atoms with Crippen molar-refractivity contribution in [3.8, 4) is 11.5 Å². The molecule has 0 aromatic heterocycles. The molecule has 1 saturated heterocycles. The molecule has 158 valence electrons. The Balaban J connectivity index is 0.00000280. The van der Waals surface area contributed by atoms with Gasteiger partial charge >= 0.3 is 0 Å². The summed E-state index contributed by atoms with van der Waals surface area (Å²) in [5, 5.41) is 6.45. The molecule has 0 radical (unpaired) electrons. The number of carbonyl (C=O) groups is 1. The highest BCUT2D eigenvalue weighted by Crippen LogP contribution is 2.32. The van der Waals surface area contributed by atoms with Crippen LogP contribution >= 0.6 is 12.4 Å². The van der Waals surface area contributed by atoms with E-state index in [4.69, 9.17) is 14.2 Å². The monoisotopic (exact) mass is 412 g/mol. The maximum atomic E-state index is 13.0. The van der Waals surface area contributed by atoms with E-state index in [9.17, 15) is 4.79 Å². The van der Waals surface area contributed by atoms with Crippen molar-refractivity contribution in [1.82, 2.24) is 10.6 Å². The van der Waals surface area contributed by atoms with Crippen molar-refractivity contribution >= 4 is 18.3 Å². The third-order valence-electron chi connectivity index (χ3n) is 5.77. The highest BCUT2D eigenvalue weighted by molar-refractivity contribution is 5.85. The third-order valence-corrected chi connectivity index (χ3v) is 5.77. The van der Waals surface area contributed by atoms with Crippen molar-refractivity contribution in [1.29, 1.82) is 0 Å². The van der Waals surface area contributed by atoms with Crippen molar-refractivity contribution in [2.45, 2.75) is 51.2 Å². The molecule has 1 aliphatic heterocycles. The van der Waals surface area contributed by atoms with E-state index in [1.165, 1.54) is 12.8 Å². The van der Waals surface area contributed by atoms with Crippen molar-refractivity contribution in [2.75, 3.05) is 33.9 Å². The Kier molecular flexibility index (Phi) is 8.86. The first kappa shape index (κ1) is 22.8. The van der Waals surface area contributed by atoms with Gasteiger partial charge < -0.3 is 24.8 Å². The standard InChI is InChI=1S/C21H32N2O4.ClH/c1-25-15-21(9-11-22-12-10-21)20(24)23-14-16-7-8-18(26-2)13-19(16)27-17-5-3-4-6-17;/h7-8,13,17,22H,3-6,9-12,14-15H2,1-2H3,(H,23,24);1H. The average molecular weight is 413 g/mol. The van der Waals surface area contributed by atoms with Crippen LogP contribution in [0.4, 0.5) is 0 Å². The minimum absolute atomic E-state index is 0. The van der Waals surface area contributed by atoms with Gasteiger partial charge in [-0.1, -0.05) is 0 Å².